The molecule has 3 nitrogen and oxygen atoms in total. The molecular formula is C9H17NO2. The maximum absolute atomic E-state index is 9.65. The Morgan fingerprint density at radius 1 is 1.58 bits per heavy atom. The molecule has 2 N–H and O–H groups in total. The molecule has 0 amide bonds. The van der Waals surface area contributed by atoms with Crippen LogP contribution < -0.4 is 0 Å². The highest BCUT2D eigenvalue weighted by atomic mass is 16.3. The monoisotopic (exact) mass is 171 g/mol. The third-order valence-corrected chi connectivity index (χ3v) is 3.73. The van der Waals surface area contributed by atoms with Gasteiger partial charge in [0.2, 0.25) is 0 Å². The lowest BCUT2D eigenvalue weighted by molar-refractivity contribution is -0.0314. The van der Waals surface area contributed by atoms with Gasteiger partial charge in [0.1, 0.15) is 0 Å². The number of hydrogen-bond acceptors (Lipinski definition) is 3. The Hall–Kier alpha value is -0.120. The fraction of sp³-hybridized carbons (Fsp3) is 1.00. The quantitative estimate of drug-likeness (QED) is 0.575. The van der Waals surface area contributed by atoms with Crippen LogP contribution in [0.2, 0.25) is 0 Å². The molecule has 3 atom stereocenters. The molecule has 0 radical (unpaired) electrons. The number of rotatable bonds is 1. The van der Waals surface area contributed by atoms with E-state index in [4.69, 9.17) is 0 Å². The minimum atomic E-state index is -0.169. The minimum absolute atomic E-state index is 0.00387. The van der Waals surface area contributed by atoms with Crippen molar-refractivity contribution in [1.29, 1.82) is 0 Å². The molecule has 3 heteroatoms. The number of nitrogens with zero attached hydrogens (tertiary/aromatic N) is 1. The molecule has 1 heterocycles. The number of hydrogen-bond donors (Lipinski definition) is 2. The van der Waals surface area contributed by atoms with Crippen LogP contribution in [0.3, 0.4) is 0 Å². The number of fused-ring (bicyclic) bond motifs is 2. The van der Waals surface area contributed by atoms with Gasteiger partial charge in [-0.1, -0.05) is 0 Å². The largest absolute Gasteiger partial charge is 0.394 e. The summed E-state index contributed by atoms with van der Waals surface area (Å²) in [5.41, 5.74) is 0.00387. The Morgan fingerprint density at radius 3 is 3.00 bits per heavy atom. The SMILES string of the molecule is CN1CC(O)C2CCC1(CO)C2. The van der Waals surface area contributed by atoms with Gasteiger partial charge >= 0.3 is 0 Å². The summed E-state index contributed by atoms with van der Waals surface area (Å²) >= 11 is 0. The summed E-state index contributed by atoms with van der Waals surface area (Å²) in [6, 6.07) is 0. The summed E-state index contributed by atoms with van der Waals surface area (Å²) in [6.45, 7) is 0.970. The van der Waals surface area contributed by atoms with Crippen molar-refractivity contribution in [1.82, 2.24) is 4.90 Å². The van der Waals surface area contributed by atoms with E-state index in [2.05, 4.69) is 4.90 Å². The zero-order valence-electron chi connectivity index (χ0n) is 7.53. The highest BCUT2D eigenvalue weighted by molar-refractivity contribution is 5.03. The lowest BCUT2D eigenvalue weighted by Crippen LogP contribution is -2.54. The van der Waals surface area contributed by atoms with Crippen LogP contribution >= 0.6 is 0 Å². The highest BCUT2D eigenvalue weighted by Gasteiger charge is 2.48. The lowest BCUT2D eigenvalue weighted by atomic mass is 9.88. The average molecular weight is 171 g/mol. The molecule has 12 heavy (non-hydrogen) atoms. The third kappa shape index (κ3) is 1.00. The maximum Gasteiger partial charge on any atom is 0.0696 e. The second-order valence-electron chi connectivity index (χ2n) is 4.33. The van der Waals surface area contributed by atoms with Gasteiger partial charge in [0.05, 0.1) is 12.7 Å². The smallest absolute Gasteiger partial charge is 0.0696 e. The van der Waals surface area contributed by atoms with E-state index in [0.717, 1.165) is 25.8 Å². The predicted molar refractivity (Wildman–Crippen MR) is 45.8 cm³/mol. The average Bonchev–Trinajstić information content (AvgIpc) is 2.44. The Labute approximate surface area is 73.0 Å². The normalized spacial score (nSPS) is 48.2. The predicted octanol–water partition coefficient (Wildman–Crippen LogP) is -0.176. The zero-order chi connectivity index (χ0) is 8.77. The fourth-order valence-corrected chi connectivity index (χ4v) is 2.71. The zero-order valence-corrected chi connectivity index (χ0v) is 7.53. The van der Waals surface area contributed by atoms with Gasteiger partial charge in [-0.2, -0.15) is 0 Å². The number of likely N-dealkylation sites (tertiary alicyclic amines) is 1. The Kier molecular flexibility index (Phi) is 1.90. The Morgan fingerprint density at radius 2 is 2.33 bits per heavy atom. The molecule has 0 aromatic carbocycles. The second-order valence-corrected chi connectivity index (χ2v) is 4.33. The van der Waals surface area contributed by atoms with E-state index in [9.17, 15) is 10.2 Å². The Bertz CT molecular complexity index is 185. The van der Waals surface area contributed by atoms with Gasteiger partial charge in [-0.3, -0.25) is 4.90 Å². The van der Waals surface area contributed by atoms with Crippen molar-refractivity contribution in [3.05, 3.63) is 0 Å². The second kappa shape index (κ2) is 2.69. The van der Waals surface area contributed by atoms with E-state index in [0.29, 0.717) is 5.92 Å². The number of aliphatic hydroxyl groups excluding tert-OH is 2. The summed E-state index contributed by atoms with van der Waals surface area (Å²) in [5.74, 6) is 0.438. The fourth-order valence-electron chi connectivity index (χ4n) is 2.71. The van der Waals surface area contributed by atoms with Crippen molar-refractivity contribution >= 4 is 0 Å². The van der Waals surface area contributed by atoms with E-state index in [1.54, 1.807) is 0 Å². The van der Waals surface area contributed by atoms with Gasteiger partial charge in [-0.25, -0.2) is 0 Å². The first-order valence-corrected chi connectivity index (χ1v) is 4.68. The Balaban J connectivity index is 2.18. The molecule has 1 aliphatic heterocycles. The number of β-amino-alcohol motifs (C(OH)–C–C–N with tert-alkyl or cyclic N) is 1. The number of aliphatic hydroxyl groups is 2. The molecule has 3 unspecified atom stereocenters. The topological polar surface area (TPSA) is 43.7 Å². The highest BCUT2D eigenvalue weighted by Crippen LogP contribution is 2.43. The van der Waals surface area contributed by atoms with Gasteiger partial charge in [-0.15, -0.1) is 0 Å². The van der Waals surface area contributed by atoms with Crippen molar-refractivity contribution in [2.75, 3.05) is 20.2 Å². The van der Waals surface area contributed by atoms with Crippen LogP contribution in [0.5, 0.6) is 0 Å². The van der Waals surface area contributed by atoms with Crippen LogP contribution in [0.25, 0.3) is 0 Å². The van der Waals surface area contributed by atoms with Gasteiger partial charge < -0.3 is 10.2 Å². The van der Waals surface area contributed by atoms with E-state index in [-0.39, 0.29) is 18.2 Å². The van der Waals surface area contributed by atoms with Gasteiger partial charge in [0.25, 0.3) is 0 Å². The number of piperidine rings is 1. The molecule has 0 aromatic rings. The van der Waals surface area contributed by atoms with Crippen molar-refractivity contribution in [2.24, 2.45) is 5.92 Å². The van der Waals surface area contributed by atoms with E-state index in [1.807, 2.05) is 7.05 Å². The molecule has 2 bridgehead atoms. The van der Waals surface area contributed by atoms with Crippen LogP contribution in [0.1, 0.15) is 19.3 Å². The summed E-state index contributed by atoms with van der Waals surface area (Å²) in [5, 5.41) is 19.0. The summed E-state index contributed by atoms with van der Waals surface area (Å²) in [7, 11) is 2.00. The van der Waals surface area contributed by atoms with E-state index in [1.165, 1.54) is 0 Å². The van der Waals surface area contributed by atoms with E-state index >= 15 is 0 Å². The minimum Gasteiger partial charge on any atom is -0.394 e. The maximum atomic E-state index is 9.65. The van der Waals surface area contributed by atoms with Crippen LogP contribution in [0.15, 0.2) is 0 Å². The molecule has 1 saturated carbocycles. The summed E-state index contributed by atoms with van der Waals surface area (Å²) in [6.07, 6.45) is 2.92. The molecule has 70 valence electrons. The molecule has 1 saturated heterocycles. The molecule has 0 spiro atoms. The van der Waals surface area contributed by atoms with Crippen molar-refractivity contribution < 1.29 is 10.2 Å². The van der Waals surface area contributed by atoms with Crippen LogP contribution in [-0.4, -0.2) is 47.0 Å². The first-order chi connectivity index (χ1) is 5.68. The van der Waals surface area contributed by atoms with Crippen LogP contribution in [0.4, 0.5) is 0 Å². The first-order valence-electron chi connectivity index (χ1n) is 4.68. The third-order valence-electron chi connectivity index (χ3n) is 3.73. The summed E-state index contributed by atoms with van der Waals surface area (Å²) in [4.78, 5) is 2.13. The van der Waals surface area contributed by atoms with Crippen molar-refractivity contribution in [3.63, 3.8) is 0 Å². The van der Waals surface area contributed by atoms with Crippen molar-refractivity contribution in [3.8, 4) is 0 Å². The lowest BCUT2D eigenvalue weighted by Gasteiger charge is -2.42. The molecule has 1 aliphatic carbocycles. The first kappa shape index (κ1) is 8.48. The van der Waals surface area contributed by atoms with Gasteiger partial charge in [0.15, 0.2) is 0 Å². The van der Waals surface area contributed by atoms with Crippen molar-refractivity contribution in [2.45, 2.75) is 30.9 Å². The van der Waals surface area contributed by atoms with Crippen LogP contribution in [-0.2, 0) is 0 Å². The molecule has 2 fully saturated rings. The molecule has 2 rings (SSSR count). The van der Waals surface area contributed by atoms with Gasteiger partial charge in [0, 0.05) is 12.1 Å². The van der Waals surface area contributed by atoms with Crippen LogP contribution in [0, 0.1) is 5.92 Å². The van der Waals surface area contributed by atoms with E-state index < -0.39 is 0 Å². The molecular weight excluding hydrogens is 154 g/mol. The number of likely N-dealkylation sites (N-methyl/N-ethyl adjacent to an activating group) is 1. The molecule has 0 aromatic heterocycles. The standard InChI is InChI=1S/C9H17NO2/c1-10-5-8(12)7-2-3-9(10,4-7)6-11/h7-8,11-12H,2-6H2,1H3. The van der Waals surface area contributed by atoms with Gasteiger partial charge in [-0.05, 0) is 32.2 Å². The molecule has 2 aliphatic rings. The summed E-state index contributed by atoms with van der Waals surface area (Å²) < 4.78 is 0.